The summed E-state index contributed by atoms with van der Waals surface area (Å²) in [5.74, 6) is 0. The van der Waals surface area contributed by atoms with Crippen molar-refractivity contribution >= 4 is 0 Å². The van der Waals surface area contributed by atoms with Gasteiger partial charge in [-0.15, -0.1) is 0 Å². The third kappa shape index (κ3) is 1.33. The van der Waals surface area contributed by atoms with Gasteiger partial charge >= 0.3 is 0 Å². The third-order valence-corrected chi connectivity index (χ3v) is 5.45. The standard InChI is InChI=1S/C13H22O4/c1-2-12-4-3-5-13(12,8-9(14)10(12)15)11-16-6-7-17-11/h9-11,14-15H,2-8H2,1H3/t9-,10-,12-,13+/m1/s1. The Morgan fingerprint density at radius 3 is 2.53 bits per heavy atom. The maximum Gasteiger partial charge on any atom is 0.164 e. The lowest BCUT2D eigenvalue weighted by atomic mass is 9.65. The molecule has 1 heterocycles. The molecule has 3 rings (SSSR count). The summed E-state index contributed by atoms with van der Waals surface area (Å²) in [5, 5.41) is 20.4. The van der Waals surface area contributed by atoms with Gasteiger partial charge in [0.05, 0.1) is 25.4 Å². The van der Waals surface area contributed by atoms with Crippen LogP contribution < -0.4 is 0 Å². The van der Waals surface area contributed by atoms with Crippen LogP contribution in [0.1, 0.15) is 39.0 Å². The molecule has 0 aromatic rings. The largest absolute Gasteiger partial charge is 0.390 e. The molecule has 0 spiro atoms. The second kappa shape index (κ2) is 3.92. The smallest absolute Gasteiger partial charge is 0.164 e. The molecule has 0 aromatic carbocycles. The van der Waals surface area contributed by atoms with E-state index in [0.717, 1.165) is 25.7 Å². The van der Waals surface area contributed by atoms with Crippen molar-refractivity contribution in [1.82, 2.24) is 0 Å². The zero-order valence-electron chi connectivity index (χ0n) is 10.4. The first-order valence-corrected chi connectivity index (χ1v) is 6.76. The van der Waals surface area contributed by atoms with Gasteiger partial charge in [0.25, 0.3) is 0 Å². The van der Waals surface area contributed by atoms with Crippen LogP contribution in [0.2, 0.25) is 0 Å². The molecule has 0 bridgehead atoms. The topological polar surface area (TPSA) is 58.9 Å². The highest BCUT2D eigenvalue weighted by Gasteiger charge is 2.68. The predicted octanol–water partition coefficient (Wildman–Crippen LogP) is 1.05. The molecule has 17 heavy (non-hydrogen) atoms. The first-order chi connectivity index (χ1) is 8.16. The molecular formula is C13H22O4. The highest BCUT2D eigenvalue weighted by atomic mass is 16.7. The Balaban J connectivity index is 2.00. The van der Waals surface area contributed by atoms with E-state index in [2.05, 4.69) is 6.92 Å². The number of hydrogen-bond acceptors (Lipinski definition) is 4. The van der Waals surface area contributed by atoms with Crippen molar-refractivity contribution in [3.8, 4) is 0 Å². The van der Waals surface area contributed by atoms with E-state index in [-0.39, 0.29) is 17.1 Å². The van der Waals surface area contributed by atoms with E-state index in [1.165, 1.54) is 0 Å². The molecule has 0 amide bonds. The molecule has 0 radical (unpaired) electrons. The minimum atomic E-state index is -0.622. The van der Waals surface area contributed by atoms with Crippen LogP contribution in [0, 0.1) is 10.8 Å². The monoisotopic (exact) mass is 242 g/mol. The average molecular weight is 242 g/mol. The molecule has 98 valence electrons. The maximum atomic E-state index is 10.4. The summed E-state index contributed by atoms with van der Waals surface area (Å²) >= 11 is 0. The fraction of sp³-hybridized carbons (Fsp3) is 1.00. The molecule has 4 nitrogen and oxygen atoms in total. The molecule has 3 aliphatic rings. The van der Waals surface area contributed by atoms with Gasteiger partial charge in [-0.25, -0.2) is 0 Å². The van der Waals surface area contributed by atoms with Crippen molar-refractivity contribution < 1.29 is 19.7 Å². The molecule has 0 aromatic heterocycles. The zero-order valence-corrected chi connectivity index (χ0v) is 10.4. The van der Waals surface area contributed by atoms with Gasteiger partial charge < -0.3 is 19.7 Å². The highest BCUT2D eigenvalue weighted by Crippen LogP contribution is 2.67. The lowest BCUT2D eigenvalue weighted by Gasteiger charge is -2.44. The van der Waals surface area contributed by atoms with Gasteiger partial charge in [-0.1, -0.05) is 13.3 Å². The van der Waals surface area contributed by atoms with E-state index < -0.39 is 12.2 Å². The van der Waals surface area contributed by atoms with Crippen molar-refractivity contribution in [2.75, 3.05) is 13.2 Å². The fourth-order valence-electron chi connectivity index (χ4n) is 4.68. The molecular weight excluding hydrogens is 220 g/mol. The van der Waals surface area contributed by atoms with Crippen LogP contribution in [0.5, 0.6) is 0 Å². The summed E-state index contributed by atoms with van der Waals surface area (Å²) in [6, 6.07) is 0. The molecule has 4 heteroatoms. The number of fused-ring (bicyclic) bond motifs is 1. The number of aliphatic hydroxyl groups is 2. The van der Waals surface area contributed by atoms with Crippen molar-refractivity contribution in [3.63, 3.8) is 0 Å². The van der Waals surface area contributed by atoms with Crippen LogP contribution in [0.4, 0.5) is 0 Å². The van der Waals surface area contributed by atoms with E-state index in [9.17, 15) is 10.2 Å². The van der Waals surface area contributed by atoms with Gasteiger partial charge in [0.15, 0.2) is 6.29 Å². The second-order valence-corrected chi connectivity index (χ2v) is 5.81. The summed E-state index contributed by atoms with van der Waals surface area (Å²) in [6.07, 6.45) is 3.11. The highest BCUT2D eigenvalue weighted by molar-refractivity contribution is 5.15. The molecule has 2 N–H and O–H groups in total. The summed E-state index contributed by atoms with van der Waals surface area (Å²) in [5.41, 5.74) is -0.376. The van der Waals surface area contributed by atoms with Gasteiger partial charge in [0.1, 0.15) is 0 Å². The van der Waals surface area contributed by atoms with Gasteiger partial charge in [-0.05, 0) is 25.7 Å². The van der Waals surface area contributed by atoms with E-state index in [1.54, 1.807) is 0 Å². The Labute approximate surface area is 102 Å². The van der Waals surface area contributed by atoms with Crippen LogP contribution in [-0.2, 0) is 9.47 Å². The molecule has 0 unspecified atom stereocenters. The van der Waals surface area contributed by atoms with Gasteiger partial charge in [-0.2, -0.15) is 0 Å². The Bertz CT molecular complexity index is 302. The Kier molecular flexibility index (Phi) is 2.74. The molecule has 2 saturated carbocycles. The molecule has 2 aliphatic carbocycles. The van der Waals surface area contributed by atoms with Crippen molar-refractivity contribution in [2.45, 2.75) is 57.5 Å². The van der Waals surface area contributed by atoms with Crippen LogP contribution in [0.15, 0.2) is 0 Å². The van der Waals surface area contributed by atoms with Crippen LogP contribution in [0.25, 0.3) is 0 Å². The third-order valence-electron chi connectivity index (χ3n) is 5.45. The quantitative estimate of drug-likeness (QED) is 0.760. The summed E-state index contributed by atoms with van der Waals surface area (Å²) in [7, 11) is 0. The molecule has 1 aliphatic heterocycles. The first kappa shape index (κ1) is 11.9. The van der Waals surface area contributed by atoms with Crippen molar-refractivity contribution in [1.29, 1.82) is 0 Å². The summed E-state index contributed by atoms with van der Waals surface area (Å²) in [4.78, 5) is 0. The zero-order chi connectivity index (χ0) is 12.1. The first-order valence-electron chi connectivity index (χ1n) is 6.76. The Morgan fingerprint density at radius 2 is 1.88 bits per heavy atom. The fourth-order valence-corrected chi connectivity index (χ4v) is 4.68. The Hall–Kier alpha value is -0.160. The average Bonchev–Trinajstić information content (AvgIpc) is 2.98. The number of hydrogen-bond donors (Lipinski definition) is 2. The number of aliphatic hydroxyl groups excluding tert-OH is 2. The lowest BCUT2D eigenvalue weighted by Crippen LogP contribution is -2.47. The SMILES string of the molecule is CC[C@]12CCC[C@@]1(C1OCCO1)C[C@@H](O)[C@H]2O. The van der Waals surface area contributed by atoms with Gasteiger partial charge in [-0.3, -0.25) is 0 Å². The minimum Gasteiger partial charge on any atom is -0.390 e. The summed E-state index contributed by atoms with van der Waals surface area (Å²) in [6.45, 7) is 3.38. The van der Waals surface area contributed by atoms with E-state index >= 15 is 0 Å². The van der Waals surface area contributed by atoms with Gasteiger partial charge in [0.2, 0.25) is 0 Å². The van der Waals surface area contributed by atoms with E-state index in [4.69, 9.17) is 9.47 Å². The van der Waals surface area contributed by atoms with E-state index in [1.807, 2.05) is 0 Å². The van der Waals surface area contributed by atoms with Crippen molar-refractivity contribution in [2.24, 2.45) is 10.8 Å². The Morgan fingerprint density at radius 1 is 1.18 bits per heavy atom. The predicted molar refractivity (Wildman–Crippen MR) is 61.3 cm³/mol. The molecule has 1 saturated heterocycles. The maximum absolute atomic E-state index is 10.4. The van der Waals surface area contributed by atoms with Gasteiger partial charge in [0, 0.05) is 10.8 Å². The van der Waals surface area contributed by atoms with Crippen LogP contribution in [-0.4, -0.2) is 41.9 Å². The number of ether oxygens (including phenoxy) is 2. The minimum absolute atomic E-state index is 0.170. The summed E-state index contributed by atoms with van der Waals surface area (Å²) < 4.78 is 11.4. The lowest BCUT2D eigenvalue weighted by molar-refractivity contribution is -0.177. The van der Waals surface area contributed by atoms with Crippen molar-refractivity contribution in [3.05, 3.63) is 0 Å². The molecule has 3 fully saturated rings. The van der Waals surface area contributed by atoms with Crippen LogP contribution in [0.3, 0.4) is 0 Å². The van der Waals surface area contributed by atoms with Crippen LogP contribution >= 0.6 is 0 Å². The van der Waals surface area contributed by atoms with E-state index in [0.29, 0.717) is 19.6 Å². The normalized spacial score (nSPS) is 51.0. The number of rotatable bonds is 2. The molecule has 4 atom stereocenters. The second-order valence-electron chi connectivity index (χ2n) is 5.81.